The van der Waals surface area contributed by atoms with Crippen molar-refractivity contribution in [2.45, 2.75) is 17.5 Å². The molecule has 14 heteroatoms. The summed E-state index contributed by atoms with van der Waals surface area (Å²) in [6.07, 6.45) is -0.805. The summed E-state index contributed by atoms with van der Waals surface area (Å²) in [5, 5.41) is 16.9. The standard InChI is InChI=1S/C16H15F2N3O4S.CH2O3.Ca/c1-23-13-5-6-19-12(14(13)24-2)8-26(22)16-20-10-4-3-9(25-15(17)18)7-11(10)21-16;2-1(3)4;/h3-7,15H,8H2,1-2H3,(H,20,21);(H2,2,3,4);/q;;+2/p-2. The number of carbonyl (C=O) groups is 1. The van der Waals surface area contributed by atoms with Gasteiger partial charge in [0, 0.05) is 18.3 Å². The Kier molecular flexibility index (Phi) is 10.9. The number of hydrogen-bond donors (Lipinski definition) is 1. The van der Waals surface area contributed by atoms with Crippen molar-refractivity contribution in [2.24, 2.45) is 0 Å². The first-order valence-electron chi connectivity index (χ1n) is 8.02. The number of benzene rings is 1. The smallest absolute Gasteiger partial charge is 0.652 e. The van der Waals surface area contributed by atoms with E-state index in [0.29, 0.717) is 28.2 Å². The molecule has 2 heterocycles. The van der Waals surface area contributed by atoms with Crippen molar-refractivity contribution in [1.29, 1.82) is 0 Å². The van der Waals surface area contributed by atoms with Gasteiger partial charge in [0.05, 0.1) is 47.5 Å². The number of nitrogens with one attached hydrogen (secondary N) is 1. The van der Waals surface area contributed by atoms with Crippen molar-refractivity contribution >= 4 is 65.7 Å². The molecule has 2 aromatic heterocycles. The fraction of sp³-hybridized carbons (Fsp3) is 0.235. The zero-order chi connectivity index (χ0) is 22.3. The summed E-state index contributed by atoms with van der Waals surface area (Å²) >= 11 is 0. The number of H-pyrrole nitrogens is 1. The molecule has 3 rings (SSSR count). The number of alkyl halides is 2. The quantitative estimate of drug-likeness (QED) is 0.460. The first kappa shape index (κ1) is 26.8. The number of fused-ring (bicyclic) bond motifs is 1. The number of pyridine rings is 1. The van der Waals surface area contributed by atoms with Crippen LogP contribution in [0.15, 0.2) is 35.6 Å². The topological polar surface area (TPSA) is 150 Å². The molecule has 1 N–H and O–H groups in total. The Morgan fingerprint density at radius 2 is 1.90 bits per heavy atom. The van der Waals surface area contributed by atoms with E-state index in [2.05, 4.69) is 19.7 Å². The molecule has 1 atom stereocenters. The molecule has 0 radical (unpaired) electrons. The monoisotopic (exact) mass is 483 g/mol. The van der Waals surface area contributed by atoms with Crippen LogP contribution >= 0.6 is 0 Å². The second-order valence-corrected chi connectivity index (χ2v) is 6.70. The van der Waals surface area contributed by atoms with E-state index in [-0.39, 0.29) is 54.4 Å². The van der Waals surface area contributed by atoms with E-state index >= 15 is 0 Å². The number of aromatic nitrogens is 3. The fourth-order valence-electron chi connectivity index (χ4n) is 2.40. The van der Waals surface area contributed by atoms with E-state index < -0.39 is 23.6 Å². The van der Waals surface area contributed by atoms with Gasteiger partial charge in [-0.15, -0.1) is 0 Å². The van der Waals surface area contributed by atoms with Crippen LogP contribution in [-0.2, 0) is 16.6 Å². The summed E-state index contributed by atoms with van der Waals surface area (Å²) < 4.78 is 52.1. The van der Waals surface area contributed by atoms with Crippen LogP contribution in [0.5, 0.6) is 17.2 Å². The van der Waals surface area contributed by atoms with Crippen LogP contribution in [0.4, 0.5) is 13.6 Å². The van der Waals surface area contributed by atoms with Crippen molar-refractivity contribution in [1.82, 2.24) is 15.0 Å². The summed E-state index contributed by atoms with van der Waals surface area (Å²) in [6.45, 7) is -2.92. The van der Waals surface area contributed by atoms with Crippen molar-refractivity contribution < 1.29 is 42.2 Å². The minimum Gasteiger partial charge on any atom is -0.652 e. The number of imidazole rings is 1. The largest absolute Gasteiger partial charge is 2.00 e. The number of aromatic amines is 1. The molecule has 0 aliphatic heterocycles. The SMILES string of the molecule is COc1ccnc(CS(=O)c2nc3ccc(OC(F)F)cc3[nH]2)c1OC.O=C([O-])[O-].[Ca+2]. The average molecular weight is 483 g/mol. The number of hydrogen-bond acceptors (Lipinski definition) is 9. The van der Waals surface area contributed by atoms with Gasteiger partial charge in [-0.25, -0.2) is 4.98 Å². The number of ether oxygens (including phenoxy) is 3. The summed E-state index contributed by atoms with van der Waals surface area (Å²) in [5.41, 5.74) is 1.38. The van der Waals surface area contributed by atoms with Gasteiger partial charge in [0.1, 0.15) is 5.75 Å². The Morgan fingerprint density at radius 1 is 1.23 bits per heavy atom. The first-order chi connectivity index (χ1) is 14.2. The number of methoxy groups -OCH3 is 2. The van der Waals surface area contributed by atoms with E-state index in [0.717, 1.165) is 0 Å². The first-order valence-corrected chi connectivity index (χ1v) is 9.33. The third-order valence-corrected chi connectivity index (χ3v) is 4.67. The molecule has 10 nitrogen and oxygen atoms in total. The van der Waals surface area contributed by atoms with E-state index in [9.17, 15) is 13.0 Å². The molecule has 3 aromatic rings. The molecule has 1 unspecified atom stereocenters. The van der Waals surface area contributed by atoms with Crippen LogP contribution in [0.1, 0.15) is 5.69 Å². The van der Waals surface area contributed by atoms with Crippen LogP contribution in [0, 0.1) is 0 Å². The molecule has 0 amide bonds. The number of carboxylic acid groups (broad SMARTS) is 2. The molecule has 31 heavy (non-hydrogen) atoms. The zero-order valence-corrected chi connectivity index (χ0v) is 19.3. The molecule has 0 spiro atoms. The van der Waals surface area contributed by atoms with E-state index in [1.165, 1.54) is 38.6 Å². The average Bonchev–Trinajstić information content (AvgIpc) is 3.10. The summed E-state index contributed by atoms with van der Waals surface area (Å²) in [4.78, 5) is 19.6. The third-order valence-electron chi connectivity index (χ3n) is 3.51. The minimum atomic E-state index is -2.92. The van der Waals surface area contributed by atoms with Gasteiger partial charge in [0.25, 0.3) is 0 Å². The normalized spacial score (nSPS) is 11.1. The van der Waals surface area contributed by atoms with Gasteiger partial charge in [-0.05, 0) is 18.3 Å². The van der Waals surface area contributed by atoms with Gasteiger partial charge in [-0.3, -0.25) is 9.19 Å². The van der Waals surface area contributed by atoms with Crippen LogP contribution in [0.3, 0.4) is 0 Å². The van der Waals surface area contributed by atoms with E-state index in [4.69, 9.17) is 24.5 Å². The van der Waals surface area contributed by atoms with Crippen molar-refractivity contribution in [3.8, 4) is 17.2 Å². The summed E-state index contributed by atoms with van der Waals surface area (Å²) in [5.74, 6) is 0.908. The summed E-state index contributed by atoms with van der Waals surface area (Å²) in [7, 11) is 1.41. The second-order valence-electron chi connectivity index (χ2n) is 5.33. The predicted octanol–water partition coefficient (Wildman–Crippen LogP) is 0.0565. The Morgan fingerprint density at radius 3 is 2.48 bits per heavy atom. The van der Waals surface area contributed by atoms with Gasteiger partial charge in [-0.2, -0.15) is 8.78 Å². The van der Waals surface area contributed by atoms with Crippen LogP contribution in [0.25, 0.3) is 11.0 Å². The van der Waals surface area contributed by atoms with Crippen molar-refractivity contribution in [3.05, 3.63) is 36.2 Å². The number of rotatable bonds is 7. The van der Waals surface area contributed by atoms with Crippen LogP contribution in [-0.4, -0.2) is 83.9 Å². The van der Waals surface area contributed by atoms with Gasteiger partial charge < -0.3 is 34.2 Å². The Labute approximate surface area is 207 Å². The summed E-state index contributed by atoms with van der Waals surface area (Å²) in [6, 6.07) is 5.89. The van der Waals surface area contributed by atoms with Gasteiger partial charge in [-0.1, -0.05) is 0 Å². The second kappa shape index (κ2) is 12.6. The molecule has 162 valence electrons. The molecule has 0 saturated carbocycles. The van der Waals surface area contributed by atoms with Gasteiger partial charge in [0.2, 0.25) is 0 Å². The van der Waals surface area contributed by atoms with E-state index in [1.54, 1.807) is 6.07 Å². The third kappa shape index (κ3) is 7.76. The fourth-order valence-corrected chi connectivity index (χ4v) is 3.41. The molecule has 0 fully saturated rings. The molecule has 1 aromatic carbocycles. The molecule has 0 aliphatic carbocycles. The molecule has 0 aliphatic rings. The molecule has 0 saturated heterocycles. The molecule has 0 bridgehead atoms. The van der Waals surface area contributed by atoms with Crippen LogP contribution < -0.4 is 24.4 Å². The van der Waals surface area contributed by atoms with Crippen molar-refractivity contribution in [3.63, 3.8) is 0 Å². The predicted molar refractivity (Wildman–Crippen MR) is 101 cm³/mol. The van der Waals surface area contributed by atoms with Crippen LogP contribution in [0.2, 0.25) is 0 Å². The molecular weight excluding hydrogens is 468 g/mol. The number of halogens is 2. The zero-order valence-electron chi connectivity index (χ0n) is 16.3. The number of carbonyl (C=O) groups excluding carboxylic acids is 1. The van der Waals surface area contributed by atoms with E-state index in [1.807, 2.05) is 0 Å². The maximum absolute atomic E-state index is 12.6. The maximum atomic E-state index is 12.6. The van der Waals surface area contributed by atoms with Crippen molar-refractivity contribution in [2.75, 3.05) is 14.2 Å². The van der Waals surface area contributed by atoms with Gasteiger partial charge in [0.15, 0.2) is 16.7 Å². The Hall–Kier alpha value is -2.22. The van der Waals surface area contributed by atoms with Gasteiger partial charge >= 0.3 is 44.3 Å². The number of nitrogens with zero attached hydrogens (tertiary/aromatic N) is 2. The Bertz CT molecular complexity index is 1050. The molecular formula is C17H15CaF2N3O7S. The Balaban J connectivity index is 0.000000885. The minimum absolute atomic E-state index is 0. The maximum Gasteiger partial charge on any atom is 2.00 e.